The minimum Gasteiger partial charge on any atom is -0.490 e. The van der Waals surface area contributed by atoms with Crippen LogP contribution in [0, 0.1) is 15.4 Å². The lowest BCUT2D eigenvalue weighted by molar-refractivity contribution is -0.134. The molecule has 1 amide bonds. The quantitative estimate of drug-likeness (QED) is 0.185. The average molecular weight is 867 g/mol. The lowest BCUT2D eigenvalue weighted by Gasteiger charge is -2.42. The molecule has 3 heterocycles. The van der Waals surface area contributed by atoms with Crippen molar-refractivity contribution in [3.8, 4) is 5.75 Å². The summed E-state index contributed by atoms with van der Waals surface area (Å²) in [6.45, 7) is 8.87. The summed E-state index contributed by atoms with van der Waals surface area (Å²) in [6.07, 6.45) is 12.7. The number of nitrogens with two attached hydrogens (primary N) is 1. The van der Waals surface area contributed by atoms with E-state index in [0.717, 1.165) is 104 Å². The summed E-state index contributed by atoms with van der Waals surface area (Å²) in [7, 11) is -1.73. The van der Waals surface area contributed by atoms with Crippen LogP contribution in [-0.2, 0) is 31.4 Å². The van der Waals surface area contributed by atoms with E-state index in [2.05, 4.69) is 62.7 Å². The first-order valence-electron chi connectivity index (χ1n) is 19.1. The molecule has 12 heteroatoms. The Morgan fingerprint density at radius 1 is 1.15 bits per heavy atom. The summed E-state index contributed by atoms with van der Waals surface area (Å²) in [5.41, 5.74) is 3.58. The number of hydrogen-bond donors (Lipinski definition) is 1. The van der Waals surface area contributed by atoms with Crippen LogP contribution in [0.5, 0.6) is 5.75 Å². The largest absolute Gasteiger partial charge is 0.490 e. The molecule has 4 aliphatic rings. The van der Waals surface area contributed by atoms with Gasteiger partial charge in [-0.15, -0.1) is 0 Å². The molecule has 2 aromatic carbocycles. The van der Waals surface area contributed by atoms with Gasteiger partial charge in [0.05, 0.1) is 17.5 Å². The second kappa shape index (κ2) is 17.3. The fourth-order valence-corrected chi connectivity index (χ4v) is 10.2. The van der Waals surface area contributed by atoms with Crippen LogP contribution in [0.3, 0.4) is 0 Å². The number of carbonyl (C=O) groups excluding carboxylic acids is 1. The highest BCUT2D eigenvalue weighted by Gasteiger charge is 2.43. The van der Waals surface area contributed by atoms with E-state index >= 15 is 0 Å². The van der Waals surface area contributed by atoms with Gasteiger partial charge in [0.1, 0.15) is 11.8 Å². The van der Waals surface area contributed by atoms with Crippen LogP contribution in [0.25, 0.3) is 0 Å². The van der Waals surface area contributed by atoms with Crippen LogP contribution in [-0.4, -0.2) is 94.5 Å². The van der Waals surface area contributed by atoms with Gasteiger partial charge in [-0.1, -0.05) is 36.7 Å². The van der Waals surface area contributed by atoms with Gasteiger partial charge >= 0.3 is 0 Å². The third-order valence-corrected chi connectivity index (χ3v) is 14.6. The Balaban J connectivity index is 1.28. The molecule has 5 atom stereocenters. The maximum Gasteiger partial charge on any atom is 0.243 e. The SMILES string of the molecule is C[C@H]([C@@H](C)C/C=C/C(C(=O)N(C)CCC1CCOCC1)N1CCC[C@H]1CN1C[C@@]2(CCCc3cc(Cl)ccc32)COc2ccc(I)cc21)S(N)(=O)=O. The summed E-state index contributed by atoms with van der Waals surface area (Å²) in [6, 6.07) is 12.5. The standard InChI is InChI=1S/C40H56ClIN4O5S/c1-28(29(2)52(43,48)49)7-4-10-36(39(47)44(3)20-15-30-16-21-50-22-17-30)46-19-6-9-34(46)25-45-26-40(27-51-38-14-12-33(42)24-37(38)45)18-5-8-31-23-32(41)11-13-35(31)40/h4,10-14,23-24,28-30,34,36H,5-9,15-22,25-27H2,1-3H3,(H2,43,48,49)/b10-4+/t28-,29+,34-,36?,40-/m0/s1. The van der Waals surface area contributed by atoms with Crippen molar-refractivity contribution in [1.82, 2.24) is 9.80 Å². The van der Waals surface area contributed by atoms with Crippen LogP contribution < -0.4 is 14.8 Å². The van der Waals surface area contributed by atoms with Crippen molar-refractivity contribution in [3.63, 3.8) is 0 Å². The fraction of sp³-hybridized carbons (Fsp3) is 0.625. The molecular formula is C40H56ClIN4O5S. The number of ether oxygens (including phenoxy) is 2. The number of aryl methyl sites for hydroxylation is 1. The smallest absolute Gasteiger partial charge is 0.243 e. The molecule has 1 spiro atoms. The van der Waals surface area contributed by atoms with Gasteiger partial charge in [0.25, 0.3) is 0 Å². The Kier molecular flexibility index (Phi) is 13.2. The third kappa shape index (κ3) is 9.30. The van der Waals surface area contributed by atoms with E-state index < -0.39 is 21.3 Å². The Bertz CT molecular complexity index is 1700. The van der Waals surface area contributed by atoms with Crippen molar-refractivity contribution in [3.05, 3.63) is 68.3 Å². The minimum absolute atomic E-state index is 0.0889. The number of fused-ring (bicyclic) bond motifs is 3. The summed E-state index contributed by atoms with van der Waals surface area (Å²) in [5.74, 6) is 1.38. The van der Waals surface area contributed by atoms with Crippen molar-refractivity contribution >= 4 is 55.8 Å². The topological polar surface area (TPSA) is 105 Å². The first-order valence-corrected chi connectivity index (χ1v) is 22.1. The second-order valence-corrected chi connectivity index (χ2v) is 19.3. The van der Waals surface area contributed by atoms with Crippen molar-refractivity contribution < 1.29 is 22.7 Å². The van der Waals surface area contributed by atoms with E-state index in [9.17, 15) is 13.2 Å². The number of rotatable bonds is 12. The number of amides is 1. The summed E-state index contributed by atoms with van der Waals surface area (Å²) < 4.78 is 37.6. The lowest BCUT2D eigenvalue weighted by Crippen LogP contribution is -2.53. The van der Waals surface area contributed by atoms with Gasteiger partial charge in [-0.2, -0.15) is 0 Å². The summed E-state index contributed by atoms with van der Waals surface area (Å²) in [5, 5.41) is 5.59. The van der Waals surface area contributed by atoms with Gasteiger partial charge in [-0.25, -0.2) is 13.6 Å². The molecule has 2 N–H and O–H groups in total. The number of allylic oxidation sites excluding steroid dienone is 1. The highest BCUT2D eigenvalue weighted by molar-refractivity contribution is 14.1. The Morgan fingerprint density at radius 2 is 1.94 bits per heavy atom. The molecular weight excluding hydrogens is 811 g/mol. The van der Waals surface area contributed by atoms with Gasteiger partial charge in [0.15, 0.2) is 0 Å². The molecule has 3 aliphatic heterocycles. The van der Waals surface area contributed by atoms with Crippen molar-refractivity contribution in [2.45, 2.75) is 94.4 Å². The van der Waals surface area contributed by atoms with Crippen LogP contribution in [0.4, 0.5) is 5.69 Å². The zero-order chi connectivity index (χ0) is 37.0. The van der Waals surface area contributed by atoms with Gasteiger partial charge in [0.2, 0.25) is 15.9 Å². The maximum absolute atomic E-state index is 14.5. The van der Waals surface area contributed by atoms with Gasteiger partial charge in [-0.3, -0.25) is 9.69 Å². The number of anilines is 1. The number of likely N-dealkylation sites (N-methyl/N-ethyl adjacent to an activating group) is 1. The number of likely N-dealkylation sites (tertiary alicyclic amines) is 1. The summed E-state index contributed by atoms with van der Waals surface area (Å²) >= 11 is 8.88. The number of halogens is 2. The monoisotopic (exact) mass is 866 g/mol. The van der Waals surface area contributed by atoms with E-state index in [1.807, 2.05) is 37.1 Å². The predicted molar refractivity (Wildman–Crippen MR) is 218 cm³/mol. The van der Waals surface area contributed by atoms with Crippen molar-refractivity contribution in [2.75, 3.05) is 57.9 Å². The van der Waals surface area contributed by atoms with Crippen LogP contribution in [0.2, 0.25) is 5.02 Å². The molecule has 6 rings (SSSR count). The van der Waals surface area contributed by atoms with Crippen LogP contribution in [0.15, 0.2) is 48.6 Å². The molecule has 1 aliphatic carbocycles. The average Bonchev–Trinajstić information content (AvgIpc) is 3.52. The molecule has 0 aromatic heterocycles. The first kappa shape index (κ1) is 39.8. The number of nitrogens with zero attached hydrogens (tertiary/aromatic N) is 3. The Morgan fingerprint density at radius 3 is 2.71 bits per heavy atom. The highest BCUT2D eigenvalue weighted by atomic mass is 127. The molecule has 9 nitrogen and oxygen atoms in total. The van der Waals surface area contributed by atoms with Crippen molar-refractivity contribution in [2.24, 2.45) is 17.0 Å². The maximum atomic E-state index is 14.5. The van der Waals surface area contributed by atoms with E-state index in [4.69, 9.17) is 26.2 Å². The molecule has 1 unspecified atom stereocenters. The molecule has 2 fully saturated rings. The van der Waals surface area contributed by atoms with E-state index in [1.165, 1.54) is 11.1 Å². The Labute approximate surface area is 329 Å². The van der Waals surface area contributed by atoms with Gasteiger partial charge in [-0.05, 0) is 147 Å². The number of primary sulfonamides is 1. The lowest BCUT2D eigenvalue weighted by atomic mass is 9.70. The van der Waals surface area contributed by atoms with E-state index in [-0.39, 0.29) is 23.3 Å². The molecule has 52 heavy (non-hydrogen) atoms. The van der Waals surface area contributed by atoms with Gasteiger partial charge < -0.3 is 19.3 Å². The number of hydrogen-bond acceptors (Lipinski definition) is 7. The number of sulfonamides is 1. The van der Waals surface area contributed by atoms with E-state index in [1.54, 1.807) is 6.92 Å². The fourth-order valence-electron chi connectivity index (χ4n) is 8.78. The minimum atomic E-state index is -3.66. The molecule has 0 bridgehead atoms. The second-order valence-electron chi connectivity index (χ2n) is 15.7. The molecule has 2 saturated heterocycles. The molecule has 2 aromatic rings. The predicted octanol–water partition coefficient (Wildman–Crippen LogP) is 6.79. The zero-order valence-electron chi connectivity index (χ0n) is 30.9. The van der Waals surface area contributed by atoms with Gasteiger partial charge in [0, 0.05) is 59.9 Å². The Hall–Kier alpha value is -1.90. The first-order chi connectivity index (χ1) is 24.8. The molecule has 286 valence electrons. The highest BCUT2D eigenvalue weighted by Crippen LogP contribution is 2.45. The molecule has 0 radical (unpaired) electrons. The van der Waals surface area contributed by atoms with Crippen molar-refractivity contribution in [1.29, 1.82) is 0 Å². The summed E-state index contributed by atoms with van der Waals surface area (Å²) in [4.78, 5) is 21.3. The van der Waals surface area contributed by atoms with Crippen LogP contribution in [0.1, 0.15) is 76.3 Å². The number of carbonyl (C=O) groups is 1. The number of benzene rings is 2. The third-order valence-electron chi connectivity index (χ3n) is 12.2. The normalized spacial score (nSPS) is 24.6. The molecule has 0 saturated carbocycles. The zero-order valence-corrected chi connectivity index (χ0v) is 34.7. The van der Waals surface area contributed by atoms with Crippen LogP contribution >= 0.6 is 34.2 Å². The van der Waals surface area contributed by atoms with E-state index in [0.29, 0.717) is 25.5 Å².